The summed E-state index contributed by atoms with van der Waals surface area (Å²) in [6.45, 7) is 10.4. The highest BCUT2D eigenvalue weighted by Gasteiger charge is 2.33. The number of ether oxygens (including phenoxy) is 4. The van der Waals surface area contributed by atoms with Crippen molar-refractivity contribution in [2.24, 2.45) is 0 Å². The number of fused-ring (bicyclic) bond motifs is 3. The fraction of sp³-hybridized carbons (Fsp3) is 0.383. The van der Waals surface area contributed by atoms with Crippen LogP contribution >= 0.6 is 0 Å². The van der Waals surface area contributed by atoms with Gasteiger partial charge in [-0.05, 0) is 74.9 Å². The van der Waals surface area contributed by atoms with Crippen LogP contribution in [0, 0.1) is 0 Å². The van der Waals surface area contributed by atoms with Crippen LogP contribution in [0.15, 0.2) is 109 Å². The Bertz CT molecular complexity index is 2080. The van der Waals surface area contributed by atoms with Crippen LogP contribution in [-0.2, 0) is 46.5 Å². The van der Waals surface area contributed by atoms with Crippen molar-refractivity contribution >= 4 is 29.9 Å². The number of amides is 5. The van der Waals surface area contributed by atoms with Gasteiger partial charge in [-0.25, -0.2) is 25.4 Å². The molecule has 0 fully saturated rings. The zero-order valence-electron chi connectivity index (χ0n) is 36.2. The average molecular weight is 851 g/mol. The van der Waals surface area contributed by atoms with Gasteiger partial charge in [0.2, 0.25) is 5.91 Å². The van der Waals surface area contributed by atoms with Gasteiger partial charge in [0.25, 0.3) is 5.91 Å². The lowest BCUT2D eigenvalue weighted by Gasteiger charge is -2.30. The lowest BCUT2D eigenvalue weighted by Crippen LogP contribution is -2.61. The molecule has 0 saturated carbocycles. The van der Waals surface area contributed by atoms with Crippen LogP contribution in [0.2, 0.25) is 0 Å². The van der Waals surface area contributed by atoms with Gasteiger partial charge >= 0.3 is 18.1 Å². The molecule has 15 heteroatoms. The van der Waals surface area contributed by atoms with E-state index in [0.29, 0.717) is 5.56 Å². The van der Waals surface area contributed by atoms with E-state index in [1.165, 1.54) is 0 Å². The van der Waals surface area contributed by atoms with Crippen molar-refractivity contribution < 1.29 is 42.9 Å². The summed E-state index contributed by atoms with van der Waals surface area (Å²) in [4.78, 5) is 67.4. The third kappa shape index (κ3) is 14.7. The van der Waals surface area contributed by atoms with Crippen LogP contribution in [0.5, 0.6) is 0 Å². The minimum Gasteiger partial charge on any atom is -0.461 e. The molecule has 62 heavy (non-hydrogen) atoms. The SMILES string of the molecule is CC(C)(C)OC[C@H](NC(=O)[C@H](COC(C)(C)C)NC(=O)N(Cc1ccccc1)NC(=O)OCC1c2ccccc2-c2ccccc21)C(=O)NNCCC(=O)OCc1ccccc1. The molecule has 5 amide bonds. The Morgan fingerprint density at radius 3 is 1.71 bits per heavy atom. The maximum Gasteiger partial charge on any atom is 0.426 e. The fourth-order valence-electron chi connectivity index (χ4n) is 6.41. The Hall–Kier alpha value is -6.29. The molecule has 0 heterocycles. The van der Waals surface area contributed by atoms with Gasteiger partial charge in [0.15, 0.2) is 0 Å². The van der Waals surface area contributed by atoms with Gasteiger partial charge in [-0.15, -0.1) is 0 Å². The lowest BCUT2D eigenvalue weighted by atomic mass is 9.98. The van der Waals surface area contributed by atoms with Gasteiger partial charge < -0.3 is 29.6 Å². The minimum absolute atomic E-state index is 0.0123. The monoisotopic (exact) mass is 850 g/mol. The fourth-order valence-corrected chi connectivity index (χ4v) is 6.41. The highest BCUT2D eigenvalue weighted by Crippen LogP contribution is 2.44. The number of hydrogen-bond donors (Lipinski definition) is 5. The number of carbonyl (C=O) groups is 5. The smallest absolute Gasteiger partial charge is 0.426 e. The van der Waals surface area contributed by atoms with Crippen LogP contribution in [0.3, 0.4) is 0 Å². The second-order valence-electron chi connectivity index (χ2n) is 16.7. The van der Waals surface area contributed by atoms with Gasteiger partial charge in [-0.2, -0.15) is 0 Å². The van der Waals surface area contributed by atoms with Crippen molar-refractivity contribution in [3.8, 4) is 11.1 Å². The van der Waals surface area contributed by atoms with E-state index in [1.807, 2.05) is 84.9 Å². The van der Waals surface area contributed by atoms with Crippen molar-refractivity contribution in [2.45, 2.75) is 90.3 Å². The zero-order chi connectivity index (χ0) is 44.7. The van der Waals surface area contributed by atoms with Gasteiger partial charge in [0.05, 0.1) is 37.4 Å². The van der Waals surface area contributed by atoms with Crippen LogP contribution in [-0.4, -0.2) is 84.6 Å². The molecular weight excluding hydrogens is 793 g/mol. The first-order chi connectivity index (χ1) is 29.6. The van der Waals surface area contributed by atoms with Gasteiger partial charge in [-0.1, -0.05) is 109 Å². The maximum absolute atomic E-state index is 14.1. The van der Waals surface area contributed by atoms with E-state index in [4.69, 9.17) is 18.9 Å². The van der Waals surface area contributed by atoms with Crippen molar-refractivity contribution in [1.29, 1.82) is 0 Å². The molecular formula is C47H58N6O9. The normalized spacial score (nSPS) is 13.1. The van der Waals surface area contributed by atoms with Crippen LogP contribution in [0.25, 0.3) is 11.1 Å². The number of hydrogen-bond acceptors (Lipinski definition) is 10. The summed E-state index contributed by atoms with van der Waals surface area (Å²) in [6.07, 6.45) is -0.914. The first kappa shape index (κ1) is 46.8. The molecule has 5 rings (SSSR count). The van der Waals surface area contributed by atoms with E-state index >= 15 is 0 Å². The summed E-state index contributed by atoms with van der Waals surface area (Å²) < 4.78 is 22.9. The third-order valence-electron chi connectivity index (χ3n) is 9.52. The van der Waals surface area contributed by atoms with E-state index in [-0.39, 0.29) is 51.9 Å². The summed E-state index contributed by atoms with van der Waals surface area (Å²) in [5.74, 6) is -2.10. The molecule has 330 valence electrons. The molecule has 15 nitrogen and oxygen atoms in total. The number of carbonyl (C=O) groups excluding carboxylic acids is 5. The third-order valence-corrected chi connectivity index (χ3v) is 9.52. The Labute approximate surface area is 363 Å². The molecule has 0 saturated heterocycles. The zero-order valence-corrected chi connectivity index (χ0v) is 36.2. The second-order valence-corrected chi connectivity index (χ2v) is 16.7. The number of benzene rings is 4. The van der Waals surface area contributed by atoms with Crippen LogP contribution < -0.4 is 26.9 Å². The first-order valence-corrected chi connectivity index (χ1v) is 20.6. The van der Waals surface area contributed by atoms with Crippen LogP contribution in [0.4, 0.5) is 9.59 Å². The maximum atomic E-state index is 14.1. The summed E-state index contributed by atoms with van der Waals surface area (Å²) in [5.41, 5.74) is 12.1. The number of nitrogens with one attached hydrogen (secondary N) is 5. The highest BCUT2D eigenvalue weighted by molar-refractivity contribution is 5.92. The molecule has 0 bridgehead atoms. The predicted octanol–water partition coefficient (Wildman–Crippen LogP) is 5.89. The largest absolute Gasteiger partial charge is 0.461 e. The number of esters is 1. The Balaban J connectivity index is 1.25. The summed E-state index contributed by atoms with van der Waals surface area (Å²) in [6, 6.07) is 30.7. The van der Waals surface area contributed by atoms with E-state index in [9.17, 15) is 24.0 Å². The Morgan fingerprint density at radius 1 is 0.629 bits per heavy atom. The summed E-state index contributed by atoms with van der Waals surface area (Å²) in [7, 11) is 0. The number of hydrazine groups is 2. The first-order valence-electron chi connectivity index (χ1n) is 20.6. The van der Waals surface area contributed by atoms with Crippen molar-refractivity contribution in [3.05, 3.63) is 131 Å². The Morgan fingerprint density at radius 2 is 1.15 bits per heavy atom. The molecule has 5 N–H and O–H groups in total. The molecule has 2 atom stereocenters. The minimum atomic E-state index is -1.35. The molecule has 0 aromatic heterocycles. The molecule has 0 unspecified atom stereocenters. The molecule has 1 aliphatic carbocycles. The molecule has 4 aromatic carbocycles. The van der Waals surface area contributed by atoms with Crippen molar-refractivity contribution in [2.75, 3.05) is 26.4 Å². The van der Waals surface area contributed by atoms with Gasteiger partial charge in [0.1, 0.15) is 25.3 Å². The molecule has 0 aliphatic heterocycles. The van der Waals surface area contributed by atoms with E-state index < -0.39 is 53.2 Å². The van der Waals surface area contributed by atoms with Gasteiger partial charge in [0, 0.05) is 12.5 Å². The molecule has 1 aliphatic rings. The van der Waals surface area contributed by atoms with E-state index in [2.05, 4.69) is 26.9 Å². The summed E-state index contributed by atoms with van der Waals surface area (Å²) in [5, 5.41) is 6.39. The Kier molecular flexibility index (Phi) is 16.6. The quantitative estimate of drug-likeness (QED) is 0.0460. The number of nitrogens with zero attached hydrogens (tertiary/aromatic N) is 1. The topological polar surface area (TPSA) is 186 Å². The number of urea groups is 1. The molecule has 0 spiro atoms. The molecule has 0 radical (unpaired) electrons. The van der Waals surface area contributed by atoms with Crippen LogP contribution in [0.1, 0.15) is 76.1 Å². The number of rotatable bonds is 18. The average Bonchev–Trinajstić information content (AvgIpc) is 3.56. The van der Waals surface area contributed by atoms with E-state index in [1.54, 1.807) is 65.8 Å². The molecule has 4 aromatic rings. The second kappa shape index (κ2) is 22.0. The van der Waals surface area contributed by atoms with Gasteiger partial charge in [-0.3, -0.25) is 19.8 Å². The standard InChI is InChI=1S/C47H58N6O9/c1-46(2,3)61-30-39(42(55)49-40(31-62-47(4,5)6)43(56)51-48-26-25-41(54)59-28-33-19-11-8-12-20-33)50-44(57)53(27-32-17-9-7-10-18-32)52-45(58)60-29-38-36-23-15-13-21-34(36)35-22-14-16-24-37(35)38/h7-24,38-40,48H,25-31H2,1-6H3,(H,49,55)(H,50,57)(H,51,56)(H,52,58)/t39-,40-/m0/s1. The van der Waals surface area contributed by atoms with Crippen molar-refractivity contribution in [3.63, 3.8) is 0 Å². The predicted molar refractivity (Wildman–Crippen MR) is 233 cm³/mol. The van der Waals surface area contributed by atoms with E-state index in [0.717, 1.165) is 32.8 Å². The van der Waals surface area contributed by atoms with Crippen molar-refractivity contribution in [1.82, 2.24) is 31.9 Å². The lowest BCUT2D eigenvalue weighted by molar-refractivity contribution is -0.145. The highest BCUT2D eigenvalue weighted by atomic mass is 16.6. The summed E-state index contributed by atoms with van der Waals surface area (Å²) >= 11 is 0.